The fourth-order valence-electron chi connectivity index (χ4n) is 4.07. The van der Waals surface area contributed by atoms with Crippen LogP contribution in [0.4, 0.5) is 0 Å². The van der Waals surface area contributed by atoms with E-state index >= 15 is 0 Å². The van der Waals surface area contributed by atoms with Crippen molar-refractivity contribution in [3.63, 3.8) is 0 Å². The quantitative estimate of drug-likeness (QED) is 0.854. The van der Waals surface area contributed by atoms with Crippen molar-refractivity contribution in [2.75, 3.05) is 0 Å². The minimum absolute atomic E-state index is 0.00827. The molecule has 3 aliphatic heterocycles. The van der Waals surface area contributed by atoms with Crippen LogP contribution in [-0.4, -0.2) is 47.0 Å². The number of carbonyl (C=O) groups excluding carboxylic acids is 2. The number of hydrogen-bond acceptors (Lipinski definition) is 3. The Bertz CT molecular complexity index is 449. The van der Waals surface area contributed by atoms with Crippen LogP contribution in [0.1, 0.15) is 47.0 Å². The second-order valence-electron chi connectivity index (χ2n) is 7.34. The monoisotopic (exact) mass is 294 g/mol. The van der Waals surface area contributed by atoms with Gasteiger partial charge in [-0.2, -0.15) is 0 Å². The van der Waals surface area contributed by atoms with Gasteiger partial charge in [-0.25, -0.2) is 0 Å². The zero-order chi connectivity index (χ0) is 15.3. The van der Waals surface area contributed by atoms with Gasteiger partial charge in [0.2, 0.25) is 11.8 Å². The third kappa shape index (κ3) is 2.35. The van der Waals surface area contributed by atoms with Crippen molar-refractivity contribution >= 4 is 11.8 Å². The van der Waals surface area contributed by atoms with Crippen LogP contribution in [0.2, 0.25) is 0 Å². The summed E-state index contributed by atoms with van der Waals surface area (Å²) in [5.41, 5.74) is 0. The lowest BCUT2D eigenvalue weighted by atomic mass is 9.87. The molecule has 0 aromatic carbocycles. The zero-order valence-electron chi connectivity index (χ0n) is 13.3. The van der Waals surface area contributed by atoms with Gasteiger partial charge in [-0.1, -0.05) is 27.7 Å². The van der Waals surface area contributed by atoms with Gasteiger partial charge in [0.25, 0.3) is 0 Å². The average molecular weight is 294 g/mol. The molecule has 0 aliphatic carbocycles. The van der Waals surface area contributed by atoms with Gasteiger partial charge in [0.1, 0.15) is 12.1 Å². The highest BCUT2D eigenvalue weighted by Gasteiger charge is 2.52. The Morgan fingerprint density at radius 2 is 1.86 bits per heavy atom. The first-order valence-corrected chi connectivity index (χ1v) is 8.18. The summed E-state index contributed by atoms with van der Waals surface area (Å²) < 4.78 is 5.92. The molecule has 3 fully saturated rings. The van der Waals surface area contributed by atoms with Gasteiger partial charge in [0.05, 0.1) is 18.2 Å². The SMILES string of the molecule is CC(C)C1NC(=O)C(C(C)C)N(C2CC3CCC2O3)C1=O. The minimum atomic E-state index is -0.397. The van der Waals surface area contributed by atoms with E-state index in [4.69, 9.17) is 4.74 Å². The highest BCUT2D eigenvalue weighted by Crippen LogP contribution is 2.39. The maximum absolute atomic E-state index is 12.9. The molecule has 3 aliphatic rings. The molecule has 3 heterocycles. The molecular formula is C16H26N2O3. The molecule has 5 nitrogen and oxygen atoms in total. The van der Waals surface area contributed by atoms with Crippen LogP contribution in [-0.2, 0) is 14.3 Å². The molecule has 0 saturated carbocycles. The first kappa shape index (κ1) is 14.8. The highest BCUT2D eigenvalue weighted by atomic mass is 16.5. The maximum atomic E-state index is 12.9. The fraction of sp³-hybridized carbons (Fsp3) is 0.875. The first-order chi connectivity index (χ1) is 9.90. The molecule has 3 saturated heterocycles. The molecule has 2 amide bonds. The number of amides is 2. The molecule has 0 aromatic heterocycles. The molecular weight excluding hydrogens is 268 g/mol. The largest absolute Gasteiger partial charge is 0.373 e. The van der Waals surface area contributed by atoms with Crippen molar-refractivity contribution in [1.29, 1.82) is 0 Å². The Morgan fingerprint density at radius 1 is 1.14 bits per heavy atom. The zero-order valence-corrected chi connectivity index (χ0v) is 13.3. The van der Waals surface area contributed by atoms with Crippen LogP contribution in [0.25, 0.3) is 0 Å². The van der Waals surface area contributed by atoms with Crippen LogP contribution in [0.15, 0.2) is 0 Å². The Balaban J connectivity index is 1.91. The topological polar surface area (TPSA) is 58.6 Å². The van der Waals surface area contributed by atoms with Crippen molar-refractivity contribution in [1.82, 2.24) is 10.2 Å². The second kappa shape index (κ2) is 5.27. The van der Waals surface area contributed by atoms with E-state index in [2.05, 4.69) is 5.32 Å². The maximum Gasteiger partial charge on any atom is 0.246 e. The van der Waals surface area contributed by atoms with Crippen molar-refractivity contribution in [2.24, 2.45) is 11.8 Å². The lowest BCUT2D eigenvalue weighted by Crippen LogP contribution is -2.69. The van der Waals surface area contributed by atoms with Gasteiger partial charge in [-0.3, -0.25) is 9.59 Å². The summed E-state index contributed by atoms with van der Waals surface area (Å²) in [6.07, 6.45) is 3.40. The summed E-state index contributed by atoms with van der Waals surface area (Å²) in [6, 6.07) is -0.678. The highest BCUT2D eigenvalue weighted by molar-refractivity contribution is 5.97. The Hall–Kier alpha value is -1.10. The summed E-state index contributed by atoms with van der Waals surface area (Å²) in [4.78, 5) is 27.3. The summed E-state index contributed by atoms with van der Waals surface area (Å²) in [7, 11) is 0. The van der Waals surface area contributed by atoms with E-state index in [1.54, 1.807) is 0 Å². The molecule has 5 atom stereocenters. The normalized spacial score (nSPS) is 39.5. The Kier molecular flexibility index (Phi) is 3.72. The molecule has 2 bridgehead atoms. The van der Waals surface area contributed by atoms with Crippen molar-refractivity contribution in [2.45, 2.75) is 77.3 Å². The summed E-state index contributed by atoms with van der Waals surface area (Å²) in [6.45, 7) is 7.98. The van der Waals surface area contributed by atoms with Gasteiger partial charge < -0.3 is 15.0 Å². The molecule has 3 rings (SSSR count). The molecule has 21 heavy (non-hydrogen) atoms. The van der Waals surface area contributed by atoms with Crippen LogP contribution in [0.3, 0.4) is 0 Å². The molecule has 0 radical (unpaired) electrons. The van der Waals surface area contributed by atoms with E-state index in [0.29, 0.717) is 0 Å². The van der Waals surface area contributed by atoms with E-state index in [9.17, 15) is 9.59 Å². The van der Waals surface area contributed by atoms with Gasteiger partial charge >= 0.3 is 0 Å². The van der Waals surface area contributed by atoms with Crippen molar-refractivity contribution in [3.05, 3.63) is 0 Å². The smallest absolute Gasteiger partial charge is 0.246 e. The minimum Gasteiger partial charge on any atom is -0.373 e. The predicted molar refractivity (Wildman–Crippen MR) is 78.5 cm³/mol. The standard InChI is InChI=1S/C16H26N2O3/c1-8(2)13-16(20)18(14(9(3)4)15(19)17-13)11-7-10-5-6-12(11)21-10/h8-14H,5-7H2,1-4H3,(H,17,19). The van der Waals surface area contributed by atoms with E-state index in [1.807, 2.05) is 32.6 Å². The molecule has 5 unspecified atom stereocenters. The number of piperazine rings is 1. The fourth-order valence-corrected chi connectivity index (χ4v) is 4.07. The third-order valence-corrected chi connectivity index (χ3v) is 5.12. The number of ether oxygens (including phenoxy) is 1. The number of nitrogens with zero attached hydrogens (tertiary/aromatic N) is 1. The van der Waals surface area contributed by atoms with Gasteiger partial charge in [0.15, 0.2) is 0 Å². The molecule has 0 aromatic rings. The Labute approximate surface area is 126 Å². The van der Waals surface area contributed by atoms with Crippen LogP contribution in [0, 0.1) is 11.8 Å². The first-order valence-electron chi connectivity index (χ1n) is 8.18. The number of fused-ring (bicyclic) bond motifs is 2. The lowest BCUT2D eigenvalue weighted by molar-refractivity contribution is -0.156. The molecule has 1 N–H and O–H groups in total. The predicted octanol–water partition coefficient (Wildman–Crippen LogP) is 1.31. The number of rotatable bonds is 3. The van der Waals surface area contributed by atoms with Gasteiger partial charge in [-0.15, -0.1) is 0 Å². The van der Waals surface area contributed by atoms with E-state index < -0.39 is 6.04 Å². The van der Waals surface area contributed by atoms with Crippen LogP contribution < -0.4 is 5.32 Å². The molecule has 118 valence electrons. The number of nitrogens with one attached hydrogen (secondary N) is 1. The molecule has 0 spiro atoms. The van der Waals surface area contributed by atoms with E-state index in [0.717, 1.165) is 19.3 Å². The van der Waals surface area contributed by atoms with Crippen LogP contribution in [0.5, 0.6) is 0 Å². The third-order valence-electron chi connectivity index (χ3n) is 5.12. The summed E-state index contributed by atoms with van der Waals surface area (Å²) >= 11 is 0. The Morgan fingerprint density at radius 3 is 2.33 bits per heavy atom. The number of hydrogen-bond donors (Lipinski definition) is 1. The van der Waals surface area contributed by atoms with E-state index in [1.165, 1.54) is 0 Å². The number of carbonyl (C=O) groups is 2. The summed E-state index contributed by atoms with van der Waals surface area (Å²) in [5, 5.41) is 2.92. The molecule has 5 heteroatoms. The lowest BCUT2D eigenvalue weighted by Gasteiger charge is -2.46. The van der Waals surface area contributed by atoms with E-state index in [-0.39, 0.29) is 47.9 Å². The van der Waals surface area contributed by atoms with Gasteiger partial charge in [-0.05, 0) is 31.1 Å². The van der Waals surface area contributed by atoms with Gasteiger partial charge in [0, 0.05) is 0 Å². The van der Waals surface area contributed by atoms with Crippen molar-refractivity contribution < 1.29 is 14.3 Å². The van der Waals surface area contributed by atoms with Crippen LogP contribution >= 0.6 is 0 Å². The average Bonchev–Trinajstić information content (AvgIpc) is 3.01. The second-order valence-corrected chi connectivity index (χ2v) is 7.34. The summed E-state index contributed by atoms with van der Waals surface area (Å²) in [5.74, 6) is 0.285. The van der Waals surface area contributed by atoms with Crippen molar-refractivity contribution in [3.8, 4) is 0 Å².